The normalized spacial score (nSPS) is 17.9. The Morgan fingerprint density at radius 2 is 1.56 bits per heavy atom. The number of rotatable bonds is 18. The van der Waals surface area contributed by atoms with Gasteiger partial charge in [-0.05, 0) is 86.0 Å². The maximum atomic E-state index is 14.8. The number of benzene rings is 3. The minimum Gasteiger partial charge on any atom is -0.492 e. The van der Waals surface area contributed by atoms with Gasteiger partial charge in [0.05, 0.1) is 23.4 Å². The summed E-state index contributed by atoms with van der Waals surface area (Å²) in [4.78, 5) is 81.4. The predicted octanol–water partition coefficient (Wildman–Crippen LogP) is 5.05. The summed E-state index contributed by atoms with van der Waals surface area (Å²) in [5.74, 6) is -2.27. The molecule has 0 spiro atoms. The number of aryl methyl sites for hydroxylation is 1. The highest BCUT2D eigenvalue weighted by molar-refractivity contribution is 7.59. The summed E-state index contributed by atoms with van der Waals surface area (Å²) in [5, 5.41) is 12.1. The Bertz CT molecular complexity index is 2460. The van der Waals surface area contributed by atoms with E-state index < -0.39 is 41.5 Å². The zero-order chi connectivity index (χ0) is 48.0. The lowest BCUT2D eigenvalue weighted by molar-refractivity contribution is -0.142. The van der Waals surface area contributed by atoms with Crippen LogP contribution in [0.1, 0.15) is 96.6 Å². The number of nitrogens with two attached hydrogens (primary N) is 3. The Hall–Kier alpha value is -6.03. The number of hydrogen-bond donors (Lipinski definition) is 4. The van der Waals surface area contributed by atoms with Gasteiger partial charge in [-0.2, -0.15) is 18.8 Å². The molecule has 1 fully saturated rings. The summed E-state index contributed by atoms with van der Waals surface area (Å²) in [5.41, 5.74) is 22.7. The van der Waals surface area contributed by atoms with Crippen LogP contribution in [0.3, 0.4) is 0 Å². The van der Waals surface area contributed by atoms with Crippen LogP contribution in [0, 0.1) is 30.1 Å². The van der Waals surface area contributed by atoms with Crippen molar-refractivity contribution in [3.63, 3.8) is 0 Å². The van der Waals surface area contributed by atoms with Crippen LogP contribution >= 0.6 is 13.5 Å². The van der Waals surface area contributed by atoms with Gasteiger partial charge in [-0.1, -0.05) is 43.3 Å². The summed E-state index contributed by atoms with van der Waals surface area (Å²) in [6, 6.07) is 18.4. The maximum Gasteiger partial charge on any atom is 0.226 e. The summed E-state index contributed by atoms with van der Waals surface area (Å²) in [6.45, 7) is 5.66. The van der Waals surface area contributed by atoms with Crippen molar-refractivity contribution in [3.05, 3.63) is 94.8 Å². The van der Waals surface area contributed by atoms with Crippen molar-refractivity contribution < 1.29 is 38.2 Å². The van der Waals surface area contributed by atoms with Crippen LogP contribution in [0.25, 0.3) is 22.5 Å². The largest absolute Gasteiger partial charge is 0.492 e. The number of fused-ring (bicyclic) bond motifs is 5. The van der Waals surface area contributed by atoms with Gasteiger partial charge < -0.3 is 41.6 Å². The van der Waals surface area contributed by atoms with E-state index >= 15 is 0 Å². The molecule has 68 heavy (non-hydrogen) atoms. The molecule has 2 amide bonds. The fourth-order valence-electron chi connectivity index (χ4n) is 8.79. The number of carbonyl (C=O) groups is 5. The Kier molecular flexibility index (Phi) is 19.7. The van der Waals surface area contributed by atoms with Gasteiger partial charge in [0.15, 0.2) is 23.2 Å². The SMILES string of the molecule is Cc1nc(-c2ccc(C3CCOCC3)cc2)ncc1C(=O)C[C@@H](CCN)C(=O)N(C)[C@@H]1C(=O)C[C@@H](C)C(=O)N[C@H](C(=O)CCC#N)Cc2ccc(OCCN)c(c2)-c2cc1ccc2OCCN.S. The van der Waals surface area contributed by atoms with E-state index in [9.17, 15) is 29.2 Å². The highest BCUT2D eigenvalue weighted by atomic mass is 32.1. The molecule has 0 saturated carbocycles. The lowest BCUT2D eigenvalue weighted by Crippen LogP contribution is -2.46. The second kappa shape index (κ2) is 25.4. The van der Waals surface area contributed by atoms with E-state index in [-0.39, 0.29) is 102 Å². The average Bonchev–Trinajstić information content (AvgIpc) is 3.34. The molecule has 1 saturated heterocycles. The van der Waals surface area contributed by atoms with Crippen LogP contribution in [-0.4, -0.2) is 103 Å². The Morgan fingerprint density at radius 3 is 2.19 bits per heavy atom. The second-order valence-electron chi connectivity index (χ2n) is 17.3. The summed E-state index contributed by atoms with van der Waals surface area (Å²) in [7, 11) is 1.50. The molecule has 3 aromatic carbocycles. The minimum atomic E-state index is -1.24. The monoisotopic (exact) mass is 948 g/mol. The predicted molar refractivity (Wildman–Crippen MR) is 262 cm³/mol. The van der Waals surface area contributed by atoms with E-state index in [1.807, 2.05) is 24.3 Å². The van der Waals surface area contributed by atoms with Crippen molar-refractivity contribution in [2.24, 2.45) is 29.0 Å². The molecule has 6 rings (SSSR count). The highest BCUT2D eigenvalue weighted by Gasteiger charge is 2.36. The van der Waals surface area contributed by atoms with Crippen LogP contribution in [0.15, 0.2) is 66.9 Å². The standard InChI is InChI=1S/C51H62N8O8.H2S/c1-31-25-45(62)48(59(3)51(64)38(14-18-53)29-44(61)41-30-56-49(57-32(41)2)36-9-7-34(8-10-36)35-15-21-65-22-16-35)37-11-13-47(67-24-20-55)40(28-37)39-26-33(6-12-46(39)66-23-19-54)27-42(58-50(31)63)43(60)5-4-17-52;/h6-13,26,28,30-31,35,38,42,48H,4-5,14-16,18-25,27,29,53-55H2,1-3H3,(H,58,63);1H2/t31-,38-,42+,48+;/m1./s1. The van der Waals surface area contributed by atoms with Crippen LogP contribution in [0.4, 0.5) is 0 Å². The quantitative estimate of drug-likeness (QED) is 0.0953. The molecule has 3 heterocycles. The first kappa shape index (κ1) is 52.9. The smallest absolute Gasteiger partial charge is 0.226 e. The number of Topliss-reactive ketones (excluding diaryl/α,β-unsaturated/α-hetero) is 3. The number of nitriles is 1. The molecule has 16 nitrogen and oxygen atoms in total. The van der Waals surface area contributed by atoms with Gasteiger partial charge in [-0.3, -0.25) is 24.0 Å². The topological polar surface area (TPSA) is 256 Å². The molecular weight excluding hydrogens is 885 g/mol. The van der Waals surface area contributed by atoms with E-state index in [1.165, 1.54) is 23.7 Å². The van der Waals surface area contributed by atoms with Gasteiger partial charge in [-0.15, -0.1) is 0 Å². The highest BCUT2D eigenvalue weighted by Crippen LogP contribution is 2.41. The van der Waals surface area contributed by atoms with Crippen LogP contribution in [-0.2, 0) is 30.3 Å². The molecule has 1 aromatic heterocycles. The number of likely N-dealkylation sites (N-methyl/N-ethyl adjacent to an activating group) is 1. The van der Waals surface area contributed by atoms with Crippen molar-refractivity contribution >= 4 is 42.7 Å². The first-order chi connectivity index (χ1) is 32.4. The molecule has 0 aliphatic carbocycles. The summed E-state index contributed by atoms with van der Waals surface area (Å²) in [6.07, 6.45) is 3.04. The van der Waals surface area contributed by atoms with Crippen molar-refractivity contribution in [1.29, 1.82) is 5.26 Å². The van der Waals surface area contributed by atoms with Gasteiger partial charge in [-0.25, -0.2) is 9.97 Å². The first-order valence-corrected chi connectivity index (χ1v) is 23.0. The number of carbonyl (C=O) groups excluding carboxylic acids is 5. The van der Waals surface area contributed by atoms with Crippen LogP contribution < -0.4 is 32.0 Å². The fourth-order valence-corrected chi connectivity index (χ4v) is 8.79. The van der Waals surface area contributed by atoms with E-state index in [4.69, 9.17) is 31.4 Å². The Balaban J connectivity index is 0.00000864. The lowest BCUT2D eigenvalue weighted by atomic mass is 9.88. The zero-order valence-electron chi connectivity index (χ0n) is 39.1. The number of nitrogens with one attached hydrogen (secondary N) is 1. The lowest BCUT2D eigenvalue weighted by Gasteiger charge is -2.32. The fraction of sp³-hybridized carbons (Fsp3) is 0.451. The number of amides is 2. The third-order valence-electron chi connectivity index (χ3n) is 12.5. The average molecular weight is 949 g/mol. The van der Waals surface area contributed by atoms with Gasteiger partial charge in [0.25, 0.3) is 0 Å². The van der Waals surface area contributed by atoms with Gasteiger partial charge in [0, 0.05) is 93.8 Å². The summed E-state index contributed by atoms with van der Waals surface area (Å²) >= 11 is 0. The number of nitrogens with zero attached hydrogens (tertiary/aromatic N) is 4. The second-order valence-corrected chi connectivity index (χ2v) is 17.3. The van der Waals surface area contributed by atoms with Crippen molar-refractivity contribution in [2.75, 3.05) is 53.1 Å². The van der Waals surface area contributed by atoms with Crippen molar-refractivity contribution in [1.82, 2.24) is 20.2 Å². The molecule has 2 aliphatic heterocycles. The Morgan fingerprint density at radius 1 is 0.912 bits per heavy atom. The third-order valence-corrected chi connectivity index (χ3v) is 12.5. The van der Waals surface area contributed by atoms with Crippen molar-refractivity contribution in [3.8, 4) is 40.1 Å². The van der Waals surface area contributed by atoms with E-state index in [1.54, 1.807) is 44.2 Å². The first-order valence-electron chi connectivity index (χ1n) is 23.0. The molecule has 0 unspecified atom stereocenters. The molecule has 0 radical (unpaired) electrons. The van der Waals surface area contributed by atoms with E-state index in [2.05, 4.69) is 27.4 Å². The molecule has 17 heteroatoms. The molecule has 362 valence electrons. The van der Waals surface area contributed by atoms with Gasteiger partial charge in [0.1, 0.15) is 30.8 Å². The molecule has 7 N–H and O–H groups in total. The molecule has 4 aromatic rings. The Labute approximate surface area is 405 Å². The molecule has 4 atom stereocenters. The maximum absolute atomic E-state index is 14.8. The number of ketones is 3. The zero-order valence-corrected chi connectivity index (χ0v) is 40.1. The van der Waals surface area contributed by atoms with E-state index in [0.29, 0.717) is 51.2 Å². The van der Waals surface area contributed by atoms with Crippen LogP contribution in [0.5, 0.6) is 11.5 Å². The van der Waals surface area contributed by atoms with E-state index in [0.717, 1.165) is 31.6 Å². The third kappa shape index (κ3) is 13.1. The minimum absolute atomic E-state index is 0. The number of aromatic nitrogens is 2. The molecule has 4 bridgehead atoms. The molecular formula is C51H64N8O8S. The molecule has 2 aliphatic rings. The van der Waals surface area contributed by atoms with Crippen LogP contribution in [0.2, 0.25) is 0 Å². The van der Waals surface area contributed by atoms with Gasteiger partial charge >= 0.3 is 0 Å². The summed E-state index contributed by atoms with van der Waals surface area (Å²) < 4.78 is 17.8. The number of hydrogen-bond acceptors (Lipinski definition) is 14. The van der Waals surface area contributed by atoms with Gasteiger partial charge in [0.2, 0.25) is 11.8 Å². The van der Waals surface area contributed by atoms with Crippen molar-refractivity contribution in [2.45, 2.75) is 83.2 Å². The number of ether oxygens (including phenoxy) is 3.